The predicted octanol–water partition coefficient (Wildman–Crippen LogP) is 2.11. The highest BCUT2D eigenvalue weighted by Gasteiger charge is 2.32. The Morgan fingerprint density at radius 1 is 1.39 bits per heavy atom. The molecule has 1 fully saturated rings. The first-order chi connectivity index (χ1) is 10.9. The lowest BCUT2D eigenvalue weighted by molar-refractivity contribution is 0.0991. The van der Waals surface area contributed by atoms with Crippen LogP contribution in [0, 0.1) is 17.6 Å². The number of nitrogens with one attached hydrogen (secondary N) is 2. The fourth-order valence-electron chi connectivity index (χ4n) is 2.56. The third-order valence-electron chi connectivity index (χ3n) is 4.00. The smallest absolute Gasteiger partial charge is 0.315 e. The van der Waals surface area contributed by atoms with Crippen LogP contribution in [0.2, 0.25) is 0 Å². The summed E-state index contributed by atoms with van der Waals surface area (Å²) in [5.74, 6) is -1.77. The van der Waals surface area contributed by atoms with E-state index in [4.69, 9.17) is 4.74 Å². The van der Waals surface area contributed by atoms with E-state index in [0.29, 0.717) is 18.6 Å². The number of urea groups is 1. The molecule has 0 radical (unpaired) electrons. The number of aliphatic hydroxyl groups is 1. The molecule has 2 amide bonds. The molecule has 3 N–H and O–H groups in total. The zero-order valence-corrected chi connectivity index (χ0v) is 13.2. The van der Waals surface area contributed by atoms with Crippen LogP contribution in [0.1, 0.15) is 31.9 Å². The second-order valence-electron chi connectivity index (χ2n) is 6.01. The molecule has 128 valence electrons. The molecule has 7 heteroatoms. The number of hydrogen-bond acceptors (Lipinski definition) is 3. The van der Waals surface area contributed by atoms with E-state index >= 15 is 0 Å². The molecule has 0 bridgehead atoms. The van der Waals surface area contributed by atoms with Gasteiger partial charge in [0.1, 0.15) is 6.10 Å². The van der Waals surface area contributed by atoms with Crippen molar-refractivity contribution in [3.63, 3.8) is 0 Å². The fraction of sp³-hybridized carbons (Fsp3) is 0.562. The van der Waals surface area contributed by atoms with Gasteiger partial charge in [-0.3, -0.25) is 0 Å². The molecule has 0 aromatic heterocycles. The predicted molar refractivity (Wildman–Crippen MR) is 80.8 cm³/mol. The molecule has 2 rings (SSSR count). The monoisotopic (exact) mass is 328 g/mol. The number of benzene rings is 1. The molecule has 0 unspecified atom stereocenters. The van der Waals surface area contributed by atoms with Gasteiger partial charge in [-0.1, -0.05) is 19.9 Å². The molecule has 1 aliphatic heterocycles. The molecule has 0 aliphatic carbocycles. The Hall–Kier alpha value is -1.73. The van der Waals surface area contributed by atoms with Crippen LogP contribution in [0.15, 0.2) is 18.2 Å². The topological polar surface area (TPSA) is 70.6 Å². The number of carbonyl (C=O) groups is 1. The van der Waals surface area contributed by atoms with Crippen molar-refractivity contribution in [3.05, 3.63) is 35.4 Å². The van der Waals surface area contributed by atoms with Crippen LogP contribution in [0.5, 0.6) is 0 Å². The molecule has 1 heterocycles. The molecule has 0 saturated carbocycles. The first-order valence-corrected chi connectivity index (χ1v) is 7.66. The first kappa shape index (κ1) is 17.6. The van der Waals surface area contributed by atoms with Crippen molar-refractivity contribution in [2.24, 2.45) is 5.92 Å². The average molecular weight is 328 g/mol. The van der Waals surface area contributed by atoms with Gasteiger partial charge in [-0.15, -0.1) is 0 Å². The number of carbonyl (C=O) groups excluding carboxylic acids is 1. The van der Waals surface area contributed by atoms with E-state index in [9.17, 15) is 18.7 Å². The molecule has 3 atom stereocenters. The third-order valence-corrected chi connectivity index (χ3v) is 4.00. The fourth-order valence-corrected chi connectivity index (χ4v) is 2.56. The minimum Gasteiger partial charge on any atom is -0.394 e. The Bertz CT molecular complexity index is 554. The minimum absolute atomic E-state index is 0.0903. The number of rotatable bonds is 5. The van der Waals surface area contributed by atoms with Gasteiger partial charge in [0, 0.05) is 6.61 Å². The van der Waals surface area contributed by atoms with Gasteiger partial charge >= 0.3 is 6.03 Å². The van der Waals surface area contributed by atoms with Crippen molar-refractivity contribution >= 4 is 6.03 Å². The van der Waals surface area contributed by atoms with Crippen LogP contribution < -0.4 is 10.6 Å². The molecule has 0 spiro atoms. The maximum atomic E-state index is 13.4. The van der Waals surface area contributed by atoms with E-state index in [0.717, 1.165) is 12.1 Å². The Morgan fingerprint density at radius 2 is 2.13 bits per heavy atom. The summed E-state index contributed by atoms with van der Waals surface area (Å²) in [4.78, 5) is 12.0. The maximum absolute atomic E-state index is 13.4. The van der Waals surface area contributed by atoms with Crippen molar-refractivity contribution in [2.75, 3.05) is 13.2 Å². The summed E-state index contributed by atoms with van der Waals surface area (Å²) < 4.78 is 31.9. The van der Waals surface area contributed by atoms with Gasteiger partial charge in [0.25, 0.3) is 0 Å². The van der Waals surface area contributed by atoms with Crippen LogP contribution in [0.4, 0.5) is 13.6 Å². The first-order valence-electron chi connectivity index (χ1n) is 7.66. The summed E-state index contributed by atoms with van der Waals surface area (Å²) in [6, 6.07) is 2.48. The second-order valence-corrected chi connectivity index (χ2v) is 6.01. The standard InChI is InChI=1S/C16H22F2N2O3/c1-9(2)14(8-21)20-16(22)19-13-5-6-23-15(13)10-3-4-11(17)12(18)7-10/h3-4,7,9,13-15,21H,5-6,8H2,1-2H3,(H2,19,20,22)/t13-,14-,15-/m1/s1. The van der Waals surface area contributed by atoms with Gasteiger partial charge < -0.3 is 20.5 Å². The van der Waals surface area contributed by atoms with E-state index in [1.54, 1.807) is 0 Å². The average Bonchev–Trinajstić information content (AvgIpc) is 2.95. The number of ether oxygens (including phenoxy) is 1. The van der Waals surface area contributed by atoms with E-state index < -0.39 is 23.8 Å². The van der Waals surface area contributed by atoms with E-state index in [-0.39, 0.29) is 24.6 Å². The van der Waals surface area contributed by atoms with Crippen molar-refractivity contribution in [1.29, 1.82) is 0 Å². The maximum Gasteiger partial charge on any atom is 0.315 e. The largest absolute Gasteiger partial charge is 0.394 e. The number of hydrogen-bond donors (Lipinski definition) is 3. The molecular weight excluding hydrogens is 306 g/mol. The van der Waals surface area contributed by atoms with Crippen LogP contribution >= 0.6 is 0 Å². The highest BCUT2D eigenvalue weighted by molar-refractivity contribution is 5.74. The van der Waals surface area contributed by atoms with Gasteiger partial charge in [0.2, 0.25) is 0 Å². The van der Waals surface area contributed by atoms with Gasteiger partial charge in [-0.25, -0.2) is 13.6 Å². The molecular formula is C16H22F2N2O3. The summed E-state index contributed by atoms with van der Waals surface area (Å²) in [5.41, 5.74) is 0.481. The molecule has 1 saturated heterocycles. The molecule has 1 aliphatic rings. The van der Waals surface area contributed by atoms with Gasteiger partial charge in [-0.05, 0) is 30.0 Å². The van der Waals surface area contributed by atoms with E-state index in [2.05, 4.69) is 10.6 Å². The van der Waals surface area contributed by atoms with E-state index in [1.807, 2.05) is 13.8 Å². The number of halogens is 2. The number of amides is 2. The lowest BCUT2D eigenvalue weighted by Crippen LogP contribution is -2.49. The molecule has 1 aromatic carbocycles. The minimum atomic E-state index is -0.943. The van der Waals surface area contributed by atoms with Gasteiger partial charge in [0.05, 0.1) is 18.7 Å². The SMILES string of the molecule is CC(C)[C@@H](CO)NC(=O)N[C@@H]1CCO[C@@H]1c1ccc(F)c(F)c1. The summed E-state index contributed by atoms with van der Waals surface area (Å²) in [5, 5.41) is 14.7. The molecule has 23 heavy (non-hydrogen) atoms. The van der Waals surface area contributed by atoms with Crippen LogP contribution in [-0.4, -0.2) is 36.4 Å². The number of aliphatic hydroxyl groups excluding tert-OH is 1. The zero-order chi connectivity index (χ0) is 17.0. The third kappa shape index (κ3) is 4.39. The summed E-state index contributed by atoms with van der Waals surface area (Å²) in [6.45, 7) is 4.05. The highest BCUT2D eigenvalue weighted by Crippen LogP contribution is 2.30. The van der Waals surface area contributed by atoms with Gasteiger partial charge in [-0.2, -0.15) is 0 Å². The molecule has 1 aromatic rings. The summed E-state index contributed by atoms with van der Waals surface area (Å²) in [7, 11) is 0. The Kier molecular flexibility index (Phi) is 5.90. The summed E-state index contributed by atoms with van der Waals surface area (Å²) in [6.07, 6.45) is 0.0465. The quantitative estimate of drug-likeness (QED) is 0.775. The Balaban J connectivity index is 2.01. The lowest BCUT2D eigenvalue weighted by Gasteiger charge is -2.24. The van der Waals surface area contributed by atoms with Crippen molar-refractivity contribution in [2.45, 2.75) is 38.5 Å². The lowest BCUT2D eigenvalue weighted by atomic mass is 10.0. The second kappa shape index (κ2) is 7.70. The van der Waals surface area contributed by atoms with Crippen molar-refractivity contribution in [1.82, 2.24) is 10.6 Å². The van der Waals surface area contributed by atoms with Crippen LogP contribution in [0.25, 0.3) is 0 Å². The van der Waals surface area contributed by atoms with Crippen molar-refractivity contribution in [3.8, 4) is 0 Å². The Morgan fingerprint density at radius 3 is 2.74 bits per heavy atom. The molecule has 5 nitrogen and oxygen atoms in total. The van der Waals surface area contributed by atoms with E-state index in [1.165, 1.54) is 6.07 Å². The Labute approximate surface area is 134 Å². The van der Waals surface area contributed by atoms with Gasteiger partial charge in [0.15, 0.2) is 11.6 Å². The van der Waals surface area contributed by atoms with Crippen molar-refractivity contribution < 1.29 is 23.4 Å². The van der Waals surface area contributed by atoms with Crippen LogP contribution in [0.3, 0.4) is 0 Å². The van der Waals surface area contributed by atoms with Crippen LogP contribution in [-0.2, 0) is 4.74 Å². The highest BCUT2D eigenvalue weighted by atomic mass is 19.2. The summed E-state index contributed by atoms with van der Waals surface area (Å²) >= 11 is 0. The normalized spacial score (nSPS) is 22.2. The zero-order valence-electron chi connectivity index (χ0n) is 13.2.